The predicted molar refractivity (Wildman–Crippen MR) is 70.7 cm³/mol. The van der Waals surface area contributed by atoms with Gasteiger partial charge in [-0.1, -0.05) is 13.8 Å². The van der Waals surface area contributed by atoms with Crippen LogP contribution in [0.15, 0.2) is 12.4 Å². The minimum atomic E-state index is -0.348. The lowest BCUT2D eigenvalue weighted by molar-refractivity contribution is -0.0314. The highest BCUT2D eigenvalue weighted by molar-refractivity contribution is 5.24. The van der Waals surface area contributed by atoms with E-state index in [4.69, 9.17) is 9.47 Å². The van der Waals surface area contributed by atoms with Crippen molar-refractivity contribution in [1.82, 2.24) is 15.3 Å². The van der Waals surface area contributed by atoms with Gasteiger partial charge in [0, 0.05) is 19.5 Å². The van der Waals surface area contributed by atoms with E-state index in [1.807, 2.05) is 0 Å². The van der Waals surface area contributed by atoms with Crippen molar-refractivity contribution in [1.29, 1.82) is 0 Å². The summed E-state index contributed by atoms with van der Waals surface area (Å²) in [6.07, 6.45) is 4.16. The second-order valence-electron chi connectivity index (χ2n) is 4.31. The van der Waals surface area contributed by atoms with Crippen molar-refractivity contribution in [3.05, 3.63) is 18.1 Å². The molecule has 2 unspecified atom stereocenters. The molecule has 2 atom stereocenters. The lowest BCUT2D eigenvalue weighted by atomic mass is 9.90. The van der Waals surface area contributed by atoms with E-state index in [-0.39, 0.29) is 11.6 Å². The van der Waals surface area contributed by atoms with Crippen LogP contribution in [0.1, 0.15) is 38.9 Å². The minimum Gasteiger partial charge on any atom is -0.480 e. The standard InChI is InChI=1S/C13H23N3O2/c1-6-13(3,18-5)11(14-7-2)10-12(17-4)16-9-8-15-10/h8-9,11,14H,6-7H2,1-5H3. The van der Waals surface area contributed by atoms with Crippen molar-refractivity contribution in [2.75, 3.05) is 20.8 Å². The van der Waals surface area contributed by atoms with E-state index in [0.29, 0.717) is 5.88 Å². The Morgan fingerprint density at radius 1 is 1.28 bits per heavy atom. The van der Waals surface area contributed by atoms with Gasteiger partial charge in [-0.2, -0.15) is 0 Å². The number of hydrogen-bond donors (Lipinski definition) is 1. The molecular formula is C13H23N3O2. The van der Waals surface area contributed by atoms with E-state index >= 15 is 0 Å². The summed E-state index contributed by atoms with van der Waals surface area (Å²) in [7, 11) is 3.32. The lowest BCUT2D eigenvalue weighted by Gasteiger charge is -2.36. The van der Waals surface area contributed by atoms with Gasteiger partial charge in [0.1, 0.15) is 5.69 Å². The Bertz CT molecular complexity index is 367. The van der Waals surface area contributed by atoms with Gasteiger partial charge in [0.05, 0.1) is 18.8 Å². The Morgan fingerprint density at radius 2 is 1.94 bits per heavy atom. The Hall–Kier alpha value is -1.20. The van der Waals surface area contributed by atoms with Crippen molar-refractivity contribution in [3.63, 3.8) is 0 Å². The fourth-order valence-corrected chi connectivity index (χ4v) is 1.96. The maximum absolute atomic E-state index is 5.67. The van der Waals surface area contributed by atoms with E-state index in [1.165, 1.54) is 0 Å². The molecule has 1 N–H and O–H groups in total. The fourth-order valence-electron chi connectivity index (χ4n) is 1.96. The number of nitrogens with one attached hydrogen (secondary N) is 1. The summed E-state index contributed by atoms with van der Waals surface area (Å²) in [5, 5.41) is 3.41. The van der Waals surface area contributed by atoms with Gasteiger partial charge < -0.3 is 14.8 Å². The van der Waals surface area contributed by atoms with Crippen molar-refractivity contribution in [2.24, 2.45) is 0 Å². The van der Waals surface area contributed by atoms with Gasteiger partial charge in [0.2, 0.25) is 5.88 Å². The number of rotatable bonds is 7. The highest BCUT2D eigenvalue weighted by Crippen LogP contribution is 2.33. The summed E-state index contributed by atoms with van der Waals surface area (Å²) in [6, 6.07) is -0.0545. The molecule has 0 fully saturated rings. The molecule has 102 valence electrons. The predicted octanol–water partition coefficient (Wildman–Crippen LogP) is 1.95. The van der Waals surface area contributed by atoms with Crippen LogP contribution in [-0.4, -0.2) is 36.3 Å². The van der Waals surface area contributed by atoms with Gasteiger partial charge in [-0.15, -0.1) is 0 Å². The van der Waals surface area contributed by atoms with E-state index < -0.39 is 0 Å². The van der Waals surface area contributed by atoms with Crippen molar-refractivity contribution in [2.45, 2.75) is 38.8 Å². The van der Waals surface area contributed by atoms with Crippen LogP contribution in [0.3, 0.4) is 0 Å². The summed E-state index contributed by atoms with van der Waals surface area (Å²) in [6.45, 7) is 7.04. The van der Waals surface area contributed by atoms with E-state index in [2.05, 4.69) is 36.1 Å². The van der Waals surface area contributed by atoms with Crippen molar-refractivity contribution < 1.29 is 9.47 Å². The molecule has 5 nitrogen and oxygen atoms in total. The summed E-state index contributed by atoms with van der Waals surface area (Å²) in [5.74, 6) is 0.542. The lowest BCUT2D eigenvalue weighted by Crippen LogP contribution is -2.43. The molecule has 0 aliphatic rings. The first-order valence-electron chi connectivity index (χ1n) is 6.26. The van der Waals surface area contributed by atoms with Crippen LogP contribution in [0.4, 0.5) is 0 Å². The minimum absolute atomic E-state index is 0.0545. The molecule has 5 heteroatoms. The third-order valence-corrected chi connectivity index (χ3v) is 3.35. The Labute approximate surface area is 109 Å². The first-order valence-corrected chi connectivity index (χ1v) is 6.26. The number of aromatic nitrogens is 2. The van der Waals surface area contributed by atoms with Crippen molar-refractivity contribution in [3.8, 4) is 5.88 Å². The van der Waals surface area contributed by atoms with Gasteiger partial charge in [-0.3, -0.25) is 4.98 Å². The van der Waals surface area contributed by atoms with Crippen LogP contribution < -0.4 is 10.1 Å². The molecule has 0 spiro atoms. The first kappa shape index (κ1) is 14.9. The van der Waals surface area contributed by atoms with Crippen LogP contribution in [0.25, 0.3) is 0 Å². The molecule has 0 aliphatic heterocycles. The fraction of sp³-hybridized carbons (Fsp3) is 0.692. The molecule has 1 aromatic heterocycles. The van der Waals surface area contributed by atoms with Crippen LogP contribution in [0, 0.1) is 0 Å². The van der Waals surface area contributed by atoms with Gasteiger partial charge >= 0.3 is 0 Å². The SMILES string of the molecule is CCNC(c1nccnc1OC)C(C)(CC)OC. The smallest absolute Gasteiger partial charge is 0.237 e. The van der Waals surface area contributed by atoms with Crippen LogP contribution in [0.5, 0.6) is 5.88 Å². The monoisotopic (exact) mass is 253 g/mol. The largest absolute Gasteiger partial charge is 0.480 e. The highest BCUT2D eigenvalue weighted by atomic mass is 16.5. The normalized spacial score (nSPS) is 16.1. The molecule has 18 heavy (non-hydrogen) atoms. The molecule has 1 rings (SSSR count). The Morgan fingerprint density at radius 3 is 2.44 bits per heavy atom. The van der Waals surface area contributed by atoms with Gasteiger partial charge in [0.25, 0.3) is 0 Å². The Balaban J connectivity index is 3.18. The van der Waals surface area contributed by atoms with Gasteiger partial charge in [0.15, 0.2) is 0 Å². The van der Waals surface area contributed by atoms with Crippen molar-refractivity contribution >= 4 is 0 Å². The summed E-state index contributed by atoms with van der Waals surface area (Å²) in [5.41, 5.74) is 0.437. The molecule has 1 aromatic rings. The molecule has 1 heterocycles. The zero-order valence-electron chi connectivity index (χ0n) is 11.9. The van der Waals surface area contributed by atoms with E-state index in [0.717, 1.165) is 18.7 Å². The average Bonchev–Trinajstić information content (AvgIpc) is 2.44. The third-order valence-electron chi connectivity index (χ3n) is 3.35. The molecule has 0 aliphatic carbocycles. The zero-order valence-corrected chi connectivity index (χ0v) is 11.9. The van der Waals surface area contributed by atoms with E-state index in [1.54, 1.807) is 26.6 Å². The summed E-state index contributed by atoms with van der Waals surface area (Å²) < 4.78 is 11.0. The second-order valence-corrected chi connectivity index (χ2v) is 4.31. The van der Waals surface area contributed by atoms with Gasteiger partial charge in [-0.05, 0) is 19.9 Å². The number of hydrogen-bond acceptors (Lipinski definition) is 5. The number of nitrogens with zero attached hydrogens (tertiary/aromatic N) is 2. The quantitative estimate of drug-likeness (QED) is 0.805. The first-order chi connectivity index (χ1) is 8.62. The summed E-state index contributed by atoms with van der Waals surface area (Å²) in [4.78, 5) is 8.60. The maximum atomic E-state index is 5.67. The van der Waals surface area contributed by atoms with Crippen LogP contribution >= 0.6 is 0 Å². The molecule has 0 radical (unpaired) electrons. The maximum Gasteiger partial charge on any atom is 0.237 e. The third kappa shape index (κ3) is 2.97. The van der Waals surface area contributed by atoms with Gasteiger partial charge in [-0.25, -0.2) is 4.98 Å². The van der Waals surface area contributed by atoms with Crippen LogP contribution in [-0.2, 0) is 4.74 Å². The number of methoxy groups -OCH3 is 2. The number of ether oxygens (including phenoxy) is 2. The molecule has 0 amide bonds. The number of likely N-dealkylation sites (N-methyl/N-ethyl adjacent to an activating group) is 1. The Kier molecular flexibility index (Phi) is 5.50. The van der Waals surface area contributed by atoms with Crippen LogP contribution in [0.2, 0.25) is 0 Å². The molecule has 0 saturated carbocycles. The molecule has 0 bridgehead atoms. The second kappa shape index (κ2) is 6.66. The zero-order chi connectivity index (χ0) is 13.6. The summed E-state index contributed by atoms with van der Waals surface area (Å²) >= 11 is 0. The molecule has 0 saturated heterocycles. The highest BCUT2D eigenvalue weighted by Gasteiger charge is 2.36. The average molecular weight is 253 g/mol. The molecule has 0 aromatic carbocycles. The van der Waals surface area contributed by atoms with E-state index in [9.17, 15) is 0 Å². The molecular weight excluding hydrogens is 230 g/mol. The topological polar surface area (TPSA) is 56.3 Å².